The van der Waals surface area contributed by atoms with Crippen LogP contribution in [0.1, 0.15) is 43.9 Å². The lowest BCUT2D eigenvalue weighted by molar-refractivity contribution is -0.139. The van der Waals surface area contributed by atoms with E-state index in [2.05, 4.69) is 5.32 Å². The van der Waals surface area contributed by atoms with Gasteiger partial charge in [-0.2, -0.15) is 0 Å². The minimum absolute atomic E-state index is 0.000416. The minimum atomic E-state index is -4.25. The number of carbonyl (C=O) groups is 2. The topological polar surface area (TPSA) is 86.8 Å². The maximum absolute atomic E-state index is 14.0. The monoisotopic (exact) mass is 603 g/mol. The first kappa shape index (κ1) is 31.5. The second-order valence-electron chi connectivity index (χ2n) is 9.90. The summed E-state index contributed by atoms with van der Waals surface area (Å²) in [5, 5.41) is 3.07. The molecule has 0 aliphatic heterocycles. The molecule has 214 valence electrons. The molecule has 40 heavy (non-hydrogen) atoms. The Morgan fingerprint density at radius 2 is 1.57 bits per heavy atom. The number of nitrogens with one attached hydrogen (secondary N) is 1. The Morgan fingerprint density at radius 3 is 2.20 bits per heavy atom. The van der Waals surface area contributed by atoms with Gasteiger partial charge in [0.05, 0.1) is 20.6 Å². The van der Waals surface area contributed by atoms with Gasteiger partial charge in [0.15, 0.2) is 0 Å². The number of anilines is 1. The van der Waals surface area contributed by atoms with Gasteiger partial charge >= 0.3 is 0 Å². The molecule has 3 rings (SSSR count). The van der Waals surface area contributed by atoms with Crippen molar-refractivity contribution in [3.8, 4) is 0 Å². The lowest BCUT2D eigenvalue weighted by Crippen LogP contribution is -2.52. The van der Waals surface area contributed by atoms with E-state index in [1.807, 2.05) is 52.0 Å². The third-order valence-corrected chi connectivity index (χ3v) is 9.27. The van der Waals surface area contributed by atoms with E-state index in [0.29, 0.717) is 0 Å². The normalized spacial score (nSPS) is 12.9. The van der Waals surface area contributed by atoms with Crippen LogP contribution >= 0.6 is 23.2 Å². The van der Waals surface area contributed by atoms with Crippen molar-refractivity contribution in [2.45, 2.75) is 64.6 Å². The largest absolute Gasteiger partial charge is 0.352 e. The number of hydrogen-bond acceptors (Lipinski definition) is 4. The molecule has 2 atom stereocenters. The van der Waals surface area contributed by atoms with Gasteiger partial charge in [-0.25, -0.2) is 8.42 Å². The van der Waals surface area contributed by atoms with Gasteiger partial charge in [-0.1, -0.05) is 83.7 Å². The van der Waals surface area contributed by atoms with Crippen LogP contribution in [0, 0.1) is 13.8 Å². The molecule has 0 aliphatic carbocycles. The van der Waals surface area contributed by atoms with Gasteiger partial charge < -0.3 is 10.2 Å². The molecule has 0 fully saturated rings. The van der Waals surface area contributed by atoms with Crippen molar-refractivity contribution in [3.05, 3.63) is 93.5 Å². The summed E-state index contributed by atoms with van der Waals surface area (Å²) >= 11 is 12.7. The number of amides is 2. The highest BCUT2D eigenvalue weighted by Crippen LogP contribution is 2.35. The summed E-state index contributed by atoms with van der Waals surface area (Å²) in [7, 11) is -4.25. The number of carbonyl (C=O) groups excluding carboxylic acids is 2. The van der Waals surface area contributed by atoms with Gasteiger partial charge in [0.25, 0.3) is 10.0 Å². The van der Waals surface area contributed by atoms with Crippen molar-refractivity contribution in [3.63, 3.8) is 0 Å². The molecule has 3 aromatic carbocycles. The average molecular weight is 605 g/mol. The number of rotatable bonds is 11. The highest BCUT2D eigenvalue weighted by atomic mass is 35.5. The van der Waals surface area contributed by atoms with E-state index >= 15 is 0 Å². The predicted molar refractivity (Wildman–Crippen MR) is 161 cm³/mol. The number of aryl methyl sites for hydroxylation is 2. The Labute approximate surface area is 247 Å². The van der Waals surface area contributed by atoms with E-state index in [9.17, 15) is 18.0 Å². The van der Waals surface area contributed by atoms with Crippen molar-refractivity contribution in [2.75, 3.05) is 10.8 Å². The summed E-state index contributed by atoms with van der Waals surface area (Å²) < 4.78 is 28.8. The zero-order chi connectivity index (χ0) is 29.6. The van der Waals surface area contributed by atoms with Crippen LogP contribution in [-0.2, 0) is 26.2 Å². The summed E-state index contributed by atoms with van der Waals surface area (Å²) in [5.74, 6) is -0.899. The van der Waals surface area contributed by atoms with Crippen LogP contribution in [0.15, 0.2) is 71.6 Å². The number of benzene rings is 3. The van der Waals surface area contributed by atoms with Crippen LogP contribution in [0.4, 0.5) is 5.69 Å². The molecule has 0 aromatic heterocycles. The van der Waals surface area contributed by atoms with Gasteiger partial charge in [-0.15, -0.1) is 0 Å². The first-order valence-electron chi connectivity index (χ1n) is 13.0. The van der Waals surface area contributed by atoms with Crippen molar-refractivity contribution in [1.29, 1.82) is 0 Å². The summed E-state index contributed by atoms with van der Waals surface area (Å²) in [5.41, 5.74) is 2.75. The molecule has 3 aromatic rings. The SMILES string of the molecule is CC[C@@H](C)NC(=O)[C@H](C)N(Cc1cccc(C)c1)C(=O)CN(c1cccc(Cl)c1Cl)S(=O)(=O)c1ccc(C)cc1. The number of hydrogen-bond donors (Lipinski definition) is 1. The van der Waals surface area contributed by atoms with Crippen molar-refractivity contribution >= 4 is 50.7 Å². The van der Waals surface area contributed by atoms with Gasteiger partial charge in [0, 0.05) is 12.6 Å². The Morgan fingerprint density at radius 1 is 0.925 bits per heavy atom. The maximum atomic E-state index is 14.0. The van der Waals surface area contributed by atoms with E-state index in [0.717, 1.165) is 27.4 Å². The Balaban J connectivity index is 2.07. The smallest absolute Gasteiger partial charge is 0.264 e. The van der Waals surface area contributed by atoms with E-state index in [1.165, 1.54) is 29.2 Å². The van der Waals surface area contributed by atoms with Crippen LogP contribution in [0.5, 0.6) is 0 Å². The van der Waals surface area contributed by atoms with Crippen LogP contribution in [0.2, 0.25) is 10.0 Å². The Kier molecular flexibility index (Phi) is 10.6. The van der Waals surface area contributed by atoms with Gasteiger partial charge in [0.1, 0.15) is 12.6 Å². The summed E-state index contributed by atoms with van der Waals surface area (Å²) in [4.78, 5) is 28.5. The zero-order valence-electron chi connectivity index (χ0n) is 23.3. The van der Waals surface area contributed by atoms with E-state index in [-0.39, 0.29) is 39.1 Å². The van der Waals surface area contributed by atoms with E-state index in [1.54, 1.807) is 25.1 Å². The van der Waals surface area contributed by atoms with Crippen molar-refractivity contribution in [2.24, 2.45) is 0 Å². The zero-order valence-corrected chi connectivity index (χ0v) is 25.6. The Hall–Kier alpha value is -3.07. The molecule has 0 heterocycles. The summed E-state index contributed by atoms with van der Waals surface area (Å²) in [6.07, 6.45) is 0.722. The van der Waals surface area contributed by atoms with Crippen molar-refractivity contribution in [1.82, 2.24) is 10.2 Å². The third kappa shape index (κ3) is 7.56. The summed E-state index contributed by atoms with van der Waals surface area (Å²) in [6, 6.07) is 17.6. The molecule has 0 radical (unpaired) electrons. The van der Waals surface area contributed by atoms with Crippen LogP contribution in [0.3, 0.4) is 0 Å². The maximum Gasteiger partial charge on any atom is 0.264 e. The molecular formula is C30H35Cl2N3O4S. The fraction of sp³-hybridized carbons (Fsp3) is 0.333. The number of nitrogens with zero attached hydrogens (tertiary/aromatic N) is 2. The van der Waals surface area contributed by atoms with Gasteiger partial charge in [-0.3, -0.25) is 13.9 Å². The van der Waals surface area contributed by atoms with Crippen molar-refractivity contribution < 1.29 is 18.0 Å². The van der Waals surface area contributed by atoms with E-state index in [4.69, 9.17) is 23.2 Å². The Bertz CT molecular complexity index is 1460. The van der Waals surface area contributed by atoms with Gasteiger partial charge in [-0.05, 0) is 63.9 Å². The molecule has 0 spiro atoms. The van der Waals surface area contributed by atoms with Gasteiger partial charge in [0.2, 0.25) is 11.8 Å². The van der Waals surface area contributed by atoms with E-state index < -0.39 is 28.5 Å². The number of sulfonamides is 1. The van der Waals surface area contributed by atoms with Crippen LogP contribution in [0.25, 0.3) is 0 Å². The molecule has 0 saturated carbocycles. The molecule has 7 nitrogen and oxygen atoms in total. The lowest BCUT2D eigenvalue weighted by Gasteiger charge is -2.32. The highest BCUT2D eigenvalue weighted by Gasteiger charge is 2.34. The molecule has 0 aliphatic rings. The molecule has 1 N–H and O–H groups in total. The standard InChI is InChI=1S/C30H35Cl2N3O4S/c1-6-22(4)33-30(37)23(5)34(18-24-10-7-9-21(3)17-24)28(36)19-35(27-12-8-11-26(31)29(27)32)40(38,39)25-15-13-20(2)14-16-25/h7-17,22-23H,6,18-19H2,1-5H3,(H,33,37)/t22-,23+/m1/s1. The average Bonchev–Trinajstić information content (AvgIpc) is 2.91. The first-order valence-corrected chi connectivity index (χ1v) is 15.2. The third-order valence-electron chi connectivity index (χ3n) is 6.69. The fourth-order valence-electron chi connectivity index (χ4n) is 4.09. The molecular weight excluding hydrogens is 569 g/mol. The minimum Gasteiger partial charge on any atom is -0.352 e. The predicted octanol–water partition coefficient (Wildman–Crippen LogP) is 6.14. The molecule has 0 bridgehead atoms. The highest BCUT2D eigenvalue weighted by molar-refractivity contribution is 7.92. The second-order valence-corrected chi connectivity index (χ2v) is 12.5. The first-order chi connectivity index (χ1) is 18.8. The second kappa shape index (κ2) is 13.5. The molecule has 0 saturated heterocycles. The lowest BCUT2D eigenvalue weighted by atomic mass is 10.1. The molecule has 0 unspecified atom stereocenters. The molecule has 2 amide bonds. The van der Waals surface area contributed by atoms with Crippen LogP contribution < -0.4 is 9.62 Å². The number of halogens is 2. The quantitative estimate of drug-likeness (QED) is 0.285. The fourth-order valence-corrected chi connectivity index (χ4v) is 5.96. The van der Waals surface area contributed by atoms with Crippen LogP contribution in [-0.4, -0.2) is 43.8 Å². The summed E-state index contributed by atoms with van der Waals surface area (Å²) in [6.45, 7) is 8.77. The molecule has 10 heteroatoms.